The summed E-state index contributed by atoms with van der Waals surface area (Å²) in [5.41, 5.74) is 0.465. The van der Waals surface area contributed by atoms with Crippen LogP contribution in [0.5, 0.6) is 0 Å². The van der Waals surface area contributed by atoms with E-state index in [1.165, 1.54) is 28.3 Å². The number of nitrogens with zero attached hydrogens (tertiary/aromatic N) is 1. The number of fused-ring (bicyclic) bond motifs is 1. The second-order valence-corrected chi connectivity index (χ2v) is 7.57. The fourth-order valence-corrected chi connectivity index (χ4v) is 4.43. The highest BCUT2D eigenvalue weighted by Crippen LogP contribution is 2.52. The van der Waals surface area contributed by atoms with Gasteiger partial charge in [0, 0.05) is 27.2 Å². The summed E-state index contributed by atoms with van der Waals surface area (Å²) in [6.07, 6.45) is 1.49. The molecule has 0 spiro atoms. The first-order chi connectivity index (χ1) is 7.75. The molecule has 2 saturated heterocycles. The van der Waals surface area contributed by atoms with Crippen LogP contribution in [0.4, 0.5) is 0 Å². The molecule has 1 amide bonds. The van der Waals surface area contributed by atoms with Gasteiger partial charge in [-0.15, -0.1) is 11.8 Å². The van der Waals surface area contributed by atoms with Gasteiger partial charge in [0.2, 0.25) is 0 Å². The van der Waals surface area contributed by atoms with E-state index >= 15 is 0 Å². The van der Waals surface area contributed by atoms with E-state index in [0.29, 0.717) is 5.57 Å². The molecule has 7 heteroatoms. The van der Waals surface area contributed by atoms with Crippen molar-refractivity contribution >= 4 is 34.4 Å². The molecule has 0 saturated carbocycles. The molecule has 17 heavy (non-hydrogen) atoms. The topological polar surface area (TPSA) is 74.7 Å². The number of hydrogen-bond acceptors (Lipinski definition) is 4. The van der Waals surface area contributed by atoms with E-state index in [4.69, 9.17) is 0 Å². The Morgan fingerprint density at radius 3 is 2.65 bits per heavy atom. The minimum absolute atomic E-state index is 0.262. The lowest BCUT2D eigenvalue weighted by Gasteiger charge is -2.38. The largest absolute Gasteiger partial charge is 0.480 e. The zero-order valence-electron chi connectivity index (χ0n) is 9.67. The normalized spacial score (nSPS) is 34.4. The highest BCUT2D eigenvalue weighted by Gasteiger charge is 2.61. The molecule has 2 aliphatic rings. The van der Waals surface area contributed by atoms with Crippen molar-refractivity contribution in [2.45, 2.75) is 30.0 Å². The molecule has 0 radical (unpaired) electrons. The number of carboxylic acids is 1. The lowest BCUT2D eigenvalue weighted by Crippen LogP contribution is -2.58. The molecule has 0 aromatic carbocycles. The number of amides is 1. The highest BCUT2D eigenvalue weighted by atomic mass is 32.2. The molecule has 2 aliphatic heterocycles. The quantitative estimate of drug-likeness (QED) is 0.583. The van der Waals surface area contributed by atoms with Crippen LogP contribution in [0.15, 0.2) is 11.0 Å². The van der Waals surface area contributed by atoms with Gasteiger partial charge in [0.05, 0.1) is 5.57 Å². The Bertz CT molecular complexity index is 457. The van der Waals surface area contributed by atoms with Crippen LogP contribution in [-0.2, 0) is 20.4 Å². The minimum atomic E-state index is -1.19. The zero-order valence-corrected chi connectivity index (χ0v) is 11.3. The van der Waals surface area contributed by atoms with E-state index in [1.807, 2.05) is 13.8 Å². The van der Waals surface area contributed by atoms with E-state index in [2.05, 4.69) is 0 Å². The number of carbonyl (C=O) groups is 2. The summed E-state index contributed by atoms with van der Waals surface area (Å²) in [5, 5.41) is 10.3. The molecule has 0 aliphatic carbocycles. The highest BCUT2D eigenvalue weighted by molar-refractivity contribution is 8.02. The number of hydrogen-bond donors (Lipinski definition) is 1. The summed E-state index contributed by atoms with van der Waals surface area (Å²) in [6.45, 7) is 3.62. The summed E-state index contributed by atoms with van der Waals surface area (Å²) in [6, 6.07) is -0.813. The molecule has 0 aromatic heterocycles. The lowest BCUT2D eigenvalue weighted by atomic mass is 9.96. The summed E-state index contributed by atoms with van der Waals surface area (Å²) >= 11 is 1.43. The molecule has 94 valence electrons. The van der Waals surface area contributed by atoms with Gasteiger partial charge in [-0.1, -0.05) is 0 Å². The monoisotopic (exact) mass is 275 g/mol. The number of β-lactam (4-membered cyclic amide) rings is 1. The fraction of sp³-hybridized carbons (Fsp3) is 0.600. The van der Waals surface area contributed by atoms with Crippen molar-refractivity contribution in [3.05, 3.63) is 11.0 Å². The van der Waals surface area contributed by atoms with Crippen LogP contribution >= 0.6 is 11.8 Å². The molecule has 0 bridgehead atoms. The molecule has 5 nitrogen and oxygen atoms in total. The van der Waals surface area contributed by atoms with E-state index < -0.39 is 27.6 Å². The first-order valence-electron chi connectivity index (χ1n) is 5.03. The molecular weight excluding hydrogens is 262 g/mol. The van der Waals surface area contributed by atoms with E-state index in [1.54, 1.807) is 0 Å². The van der Waals surface area contributed by atoms with Crippen molar-refractivity contribution in [3.8, 4) is 0 Å². The SMILES string of the molecule is CS(=O)/C=C1/C(=O)N2[C@@H]1SC(C)(C)[C@@H]2C(=O)O. The smallest absolute Gasteiger partial charge is 0.327 e. The Morgan fingerprint density at radius 2 is 2.18 bits per heavy atom. The van der Waals surface area contributed by atoms with Crippen LogP contribution in [0.1, 0.15) is 13.8 Å². The number of carboxylic acid groups (broad SMARTS) is 1. The number of thioether (sulfide) groups is 1. The van der Waals surface area contributed by atoms with Crippen LogP contribution in [0.25, 0.3) is 0 Å². The predicted octanol–water partition coefficient (Wildman–Crippen LogP) is 0.396. The number of rotatable bonds is 2. The second-order valence-electron chi connectivity index (χ2n) is 4.60. The summed E-state index contributed by atoms with van der Waals surface area (Å²) in [4.78, 5) is 24.4. The Hall–Kier alpha value is -0.820. The number of carbonyl (C=O) groups excluding carboxylic acids is 1. The van der Waals surface area contributed by atoms with E-state index in [0.717, 1.165) is 0 Å². The number of aliphatic carboxylic acids is 1. The molecule has 2 rings (SSSR count). The van der Waals surface area contributed by atoms with Gasteiger partial charge in [-0.2, -0.15) is 0 Å². The maximum absolute atomic E-state index is 11.8. The standard InChI is InChI=1S/C10H13NO4S2/c1-10(2)6(9(13)14)11-7(12)5(4-17(3)15)8(11)16-10/h4,6,8H,1-3H3,(H,13,14)/b5-4-/t6-,8+,17?/m0/s1. The third-order valence-electron chi connectivity index (χ3n) is 2.88. The molecule has 3 atom stereocenters. The van der Waals surface area contributed by atoms with Gasteiger partial charge in [0.25, 0.3) is 5.91 Å². The van der Waals surface area contributed by atoms with Gasteiger partial charge in [-0.05, 0) is 13.8 Å². The van der Waals surface area contributed by atoms with Gasteiger partial charge in [0.15, 0.2) is 0 Å². The molecule has 1 N–H and O–H groups in total. The maximum atomic E-state index is 11.8. The van der Waals surface area contributed by atoms with Gasteiger partial charge in [-0.3, -0.25) is 9.00 Å². The molecule has 2 heterocycles. The Kier molecular flexibility index (Phi) is 2.86. The van der Waals surface area contributed by atoms with Crippen molar-refractivity contribution in [3.63, 3.8) is 0 Å². The van der Waals surface area contributed by atoms with E-state index in [-0.39, 0.29) is 11.3 Å². The van der Waals surface area contributed by atoms with E-state index in [9.17, 15) is 18.9 Å². The predicted molar refractivity (Wildman–Crippen MR) is 65.9 cm³/mol. The average molecular weight is 275 g/mol. The van der Waals surface area contributed by atoms with Crippen LogP contribution < -0.4 is 0 Å². The third-order valence-corrected chi connectivity index (χ3v) is 5.00. The van der Waals surface area contributed by atoms with Crippen molar-refractivity contribution in [1.29, 1.82) is 0 Å². The van der Waals surface area contributed by atoms with Gasteiger partial charge < -0.3 is 10.0 Å². The summed E-state index contributed by atoms with van der Waals surface area (Å²) in [7, 11) is -1.19. The fourth-order valence-electron chi connectivity index (χ4n) is 2.21. The third kappa shape index (κ3) is 1.81. The van der Waals surface area contributed by atoms with Crippen LogP contribution in [0, 0.1) is 0 Å². The first-order valence-corrected chi connectivity index (χ1v) is 7.53. The van der Waals surface area contributed by atoms with Crippen molar-refractivity contribution in [1.82, 2.24) is 4.90 Å². The van der Waals surface area contributed by atoms with Crippen LogP contribution in [0.3, 0.4) is 0 Å². The average Bonchev–Trinajstić information content (AvgIpc) is 2.43. The molecule has 2 fully saturated rings. The van der Waals surface area contributed by atoms with Crippen molar-refractivity contribution in [2.75, 3.05) is 6.26 Å². The Morgan fingerprint density at radius 1 is 1.59 bits per heavy atom. The zero-order chi connectivity index (χ0) is 13.0. The van der Waals surface area contributed by atoms with Gasteiger partial charge >= 0.3 is 5.97 Å². The van der Waals surface area contributed by atoms with Crippen LogP contribution in [-0.4, -0.2) is 48.5 Å². The molecule has 0 aromatic rings. The van der Waals surface area contributed by atoms with Crippen molar-refractivity contribution in [2.24, 2.45) is 0 Å². The second kappa shape index (κ2) is 3.84. The Balaban J connectivity index is 2.34. The molecular formula is C10H13NO4S2. The van der Waals surface area contributed by atoms with Crippen molar-refractivity contribution < 1.29 is 18.9 Å². The van der Waals surface area contributed by atoms with Gasteiger partial charge in [0.1, 0.15) is 11.4 Å². The molecule has 1 unspecified atom stereocenters. The van der Waals surface area contributed by atoms with Crippen LogP contribution in [0.2, 0.25) is 0 Å². The summed E-state index contributed by atoms with van der Waals surface area (Å²) in [5.74, 6) is -1.30. The summed E-state index contributed by atoms with van der Waals surface area (Å²) < 4.78 is 10.6. The maximum Gasteiger partial charge on any atom is 0.327 e. The Labute approximate surface area is 106 Å². The van der Waals surface area contributed by atoms with Gasteiger partial charge in [-0.25, -0.2) is 4.79 Å². The first kappa shape index (κ1) is 12.6. The lowest BCUT2D eigenvalue weighted by molar-refractivity contribution is -0.152. The minimum Gasteiger partial charge on any atom is -0.480 e.